The van der Waals surface area contributed by atoms with E-state index in [2.05, 4.69) is 5.32 Å². The number of carboxylic acid groups (broad SMARTS) is 1. The fourth-order valence-corrected chi connectivity index (χ4v) is 2.27. The molecule has 0 aliphatic heterocycles. The topological polar surface area (TPSA) is 49.3 Å². The monoisotopic (exact) mass is 269 g/mol. The van der Waals surface area contributed by atoms with Crippen LogP contribution < -0.4 is 5.32 Å². The molecule has 0 spiro atoms. The summed E-state index contributed by atoms with van der Waals surface area (Å²) in [7, 11) is 0. The van der Waals surface area contributed by atoms with Gasteiger partial charge in [0.25, 0.3) is 0 Å². The maximum absolute atomic E-state index is 11.6. The molecule has 104 valence electrons. The van der Waals surface area contributed by atoms with Crippen LogP contribution in [0.4, 0.5) is 5.69 Å². The molecule has 0 heterocycles. The van der Waals surface area contributed by atoms with Gasteiger partial charge in [-0.3, -0.25) is 0 Å². The highest BCUT2D eigenvalue weighted by Crippen LogP contribution is 2.25. The van der Waals surface area contributed by atoms with Gasteiger partial charge in [0.15, 0.2) is 6.04 Å². The fourth-order valence-electron chi connectivity index (χ4n) is 2.27. The van der Waals surface area contributed by atoms with Crippen LogP contribution >= 0.6 is 0 Å². The normalized spacial score (nSPS) is 11.9. The van der Waals surface area contributed by atoms with E-state index in [-0.39, 0.29) is 0 Å². The Morgan fingerprint density at radius 1 is 1.00 bits per heavy atom. The maximum Gasteiger partial charge on any atom is 0.330 e. The third-order valence-electron chi connectivity index (χ3n) is 3.53. The van der Waals surface area contributed by atoms with Crippen LogP contribution in [0.3, 0.4) is 0 Å². The summed E-state index contributed by atoms with van der Waals surface area (Å²) in [6, 6.07) is 12.7. The van der Waals surface area contributed by atoms with Gasteiger partial charge in [-0.25, -0.2) is 4.79 Å². The van der Waals surface area contributed by atoms with E-state index < -0.39 is 12.0 Å². The molecule has 2 aromatic carbocycles. The summed E-state index contributed by atoms with van der Waals surface area (Å²) in [5.74, 6) is -0.875. The minimum Gasteiger partial charge on any atom is -0.479 e. The lowest BCUT2D eigenvalue weighted by Gasteiger charge is -2.19. The molecule has 0 bridgehead atoms. The van der Waals surface area contributed by atoms with Gasteiger partial charge in [0, 0.05) is 5.69 Å². The number of para-hydroxylation sites is 1. The molecule has 2 N–H and O–H groups in total. The summed E-state index contributed by atoms with van der Waals surface area (Å²) in [4.78, 5) is 11.6. The van der Waals surface area contributed by atoms with E-state index in [1.807, 2.05) is 63.2 Å². The Kier molecular flexibility index (Phi) is 4.08. The zero-order chi connectivity index (χ0) is 14.7. The van der Waals surface area contributed by atoms with Crippen molar-refractivity contribution in [2.75, 3.05) is 5.32 Å². The predicted molar refractivity (Wildman–Crippen MR) is 81.1 cm³/mol. The highest BCUT2D eigenvalue weighted by atomic mass is 16.4. The Balaban J connectivity index is 2.39. The predicted octanol–water partition coefficient (Wildman–Crippen LogP) is 3.85. The molecule has 20 heavy (non-hydrogen) atoms. The van der Waals surface area contributed by atoms with Gasteiger partial charge in [-0.05, 0) is 55.2 Å². The number of aliphatic carboxylic acids is 1. The molecule has 0 aliphatic rings. The highest BCUT2D eigenvalue weighted by molar-refractivity contribution is 5.80. The number of carbonyl (C=O) groups is 1. The Morgan fingerprint density at radius 2 is 1.60 bits per heavy atom. The van der Waals surface area contributed by atoms with Crippen molar-refractivity contribution in [1.29, 1.82) is 0 Å². The zero-order valence-corrected chi connectivity index (χ0v) is 12.0. The van der Waals surface area contributed by atoms with Crippen LogP contribution in [0.15, 0.2) is 42.5 Å². The summed E-state index contributed by atoms with van der Waals surface area (Å²) in [5, 5.41) is 12.6. The minimum absolute atomic E-state index is 0.739. The number of nitrogens with one attached hydrogen (secondary N) is 1. The summed E-state index contributed by atoms with van der Waals surface area (Å²) in [5.41, 5.74) is 4.88. The molecule has 0 saturated heterocycles. The summed E-state index contributed by atoms with van der Waals surface area (Å²) >= 11 is 0. The van der Waals surface area contributed by atoms with Crippen molar-refractivity contribution < 1.29 is 9.90 Å². The van der Waals surface area contributed by atoms with Crippen molar-refractivity contribution in [2.45, 2.75) is 26.8 Å². The molecule has 0 aliphatic carbocycles. The summed E-state index contributed by atoms with van der Waals surface area (Å²) in [6.45, 7) is 5.98. The number of anilines is 1. The van der Waals surface area contributed by atoms with Crippen LogP contribution in [0, 0.1) is 20.8 Å². The molecule has 3 heteroatoms. The van der Waals surface area contributed by atoms with Crippen LogP contribution in [-0.4, -0.2) is 11.1 Å². The summed E-state index contributed by atoms with van der Waals surface area (Å²) in [6.07, 6.45) is 0. The molecule has 2 rings (SSSR count). The smallest absolute Gasteiger partial charge is 0.330 e. The second-order valence-corrected chi connectivity index (χ2v) is 5.07. The van der Waals surface area contributed by atoms with Crippen molar-refractivity contribution >= 4 is 11.7 Å². The van der Waals surface area contributed by atoms with Gasteiger partial charge < -0.3 is 10.4 Å². The third kappa shape index (κ3) is 2.99. The van der Waals surface area contributed by atoms with E-state index in [9.17, 15) is 9.90 Å². The SMILES string of the molecule is Cc1cc(C)c(C(Nc2ccccc2)C(=O)O)cc1C. The van der Waals surface area contributed by atoms with Crippen LogP contribution in [0.5, 0.6) is 0 Å². The average molecular weight is 269 g/mol. The van der Waals surface area contributed by atoms with E-state index >= 15 is 0 Å². The molecule has 0 fully saturated rings. The van der Waals surface area contributed by atoms with Gasteiger partial charge in [-0.15, -0.1) is 0 Å². The van der Waals surface area contributed by atoms with Gasteiger partial charge in [0.1, 0.15) is 0 Å². The van der Waals surface area contributed by atoms with E-state index in [1.165, 1.54) is 5.56 Å². The van der Waals surface area contributed by atoms with Gasteiger partial charge >= 0.3 is 5.97 Å². The van der Waals surface area contributed by atoms with Gasteiger partial charge in [-0.2, -0.15) is 0 Å². The fraction of sp³-hybridized carbons (Fsp3) is 0.235. The molecule has 0 radical (unpaired) electrons. The molecular weight excluding hydrogens is 250 g/mol. The first-order valence-electron chi connectivity index (χ1n) is 6.61. The van der Waals surface area contributed by atoms with Crippen molar-refractivity contribution in [3.8, 4) is 0 Å². The minimum atomic E-state index is -0.875. The lowest BCUT2D eigenvalue weighted by molar-refractivity contribution is -0.138. The lowest BCUT2D eigenvalue weighted by Crippen LogP contribution is -2.21. The van der Waals surface area contributed by atoms with Gasteiger partial charge in [-0.1, -0.05) is 30.3 Å². The first kappa shape index (κ1) is 14.1. The molecule has 0 aromatic heterocycles. The highest BCUT2D eigenvalue weighted by Gasteiger charge is 2.22. The standard InChI is InChI=1S/C17H19NO2/c1-11-9-13(3)15(10-12(11)2)16(17(19)20)18-14-7-5-4-6-8-14/h4-10,16,18H,1-3H3,(H,19,20). The second kappa shape index (κ2) is 5.78. The Hall–Kier alpha value is -2.29. The quantitative estimate of drug-likeness (QED) is 0.886. The van der Waals surface area contributed by atoms with Crippen LogP contribution in [0.1, 0.15) is 28.3 Å². The molecular formula is C17H19NO2. The van der Waals surface area contributed by atoms with Crippen LogP contribution in [0.25, 0.3) is 0 Å². The number of benzene rings is 2. The zero-order valence-electron chi connectivity index (χ0n) is 12.0. The Labute approximate surface area is 119 Å². The van der Waals surface area contributed by atoms with Crippen molar-refractivity contribution in [1.82, 2.24) is 0 Å². The summed E-state index contributed by atoms with van der Waals surface area (Å²) < 4.78 is 0. The Bertz CT molecular complexity index is 620. The number of rotatable bonds is 4. The van der Waals surface area contributed by atoms with Crippen LogP contribution in [0.2, 0.25) is 0 Å². The maximum atomic E-state index is 11.6. The average Bonchev–Trinajstić information content (AvgIpc) is 2.41. The molecule has 1 atom stereocenters. The van der Waals surface area contributed by atoms with Gasteiger partial charge in [0.05, 0.1) is 0 Å². The van der Waals surface area contributed by atoms with E-state index in [1.54, 1.807) is 0 Å². The Morgan fingerprint density at radius 3 is 2.20 bits per heavy atom. The number of aryl methyl sites for hydroxylation is 3. The lowest BCUT2D eigenvalue weighted by atomic mass is 9.95. The largest absolute Gasteiger partial charge is 0.479 e. The first-order valence-corrected chi connectivity index (χ1v) is 6.61. The third-order valence-corrected chi connectivity index (χ3v) is 3.53. The molecule has 2 aromatic rings. The van der Waals surface area contributed by atoms with Crippen molar-refractivity contribution in [2.24, 2.45) is 0 Å². The van der Waals surface area contributed by atoms with Crippen molar-refractivity contribution in [3.63, 3.8) is 0 Å². The number of hydrogen-bond donors (Lipinski definition) is 2. The van der Waals surface area contributed by atoms with E-state index in [0.29, 0.717) is 0 Å². The molecule has 3 nitrogen and oxygen atoms in total. The second-order valence-electron chi connectivity index (χ2n) is 5.07. The van der Waals surface area contributed by atoms with Crippen LogP contribution in [-0.2, 0) is 4.79 Å². The van der Waals surface area contributed by atoms with Crippen molar-refractivity contribution in [3.05, 3.63) is 64.7 Å². The number of hydrogen-bond acceptors (Lipinski definition) is 2. The number of carboxylic acids is 1. The molecule has 1 unspecified atom stereocenters. The first-order chi connectivity index (χ1) is 9.49. The van der Waals surface area contributed by atoms with E-state index in [0.717, 1.165) is 22.4 Å². The van der Waals surface area contributed by atoms with Gasteiger partial charge in [0.2, 0.25) is 0 Å². The molecule has 0 saturated carbocycles. The van der Waals surface area contributed by atoms with E-state index in [4.69, 9.17) is 0 Å². The molecule has 0 amide bonds.